The summed E-state index contributed by atoms with van der Waals surface area (Å²) in [5.41, 5.74) is 0.372. The van der Waals surface area contributed by atoms with Crippen molar-refractivity contribution in [2.75, 3.05) is 0 Å². The Morgan fingerprint density at radius 3 is 2.73 bits per heavy atom. The third kappa shape index (κ3) is 1.98. The van der Waals surface area contributed by atoms with Crippen LogP contribution in [0.3, 0.4) is 0 Å². The summed E-state index contributed by atoms with van der Waals surface area (Å²) in [6, 6.07) is 3.12. The number of rotatable bonds is 2. The minimum absolute atomic E-state index is 0.0193. The van der Waals surface area contributed by atoms with Gasteiger partial charge in [0, 0.05) is 6.42 Å². The first-order chi connectivity index (χ1) is 5.24. The fourth-order valence-electron chi connectivity index (χ4n) is 0.646. The van der Waals surface area contributed by atoms with Crippen molar-refractivity contribution in [1.82, 2.24) is 10.2 Å². The van der Waals surface area contributed by atoms with Crippen LogP contribution in [0.25, 0.3) is 0 Å². The maximum absolute atomic E-state index is 11.0. The van der Waals surface area contributed by atoms with E-state index in [1.165, 1.54) is 0 Å². The summed E-state index contributed by atoms with van der Waals surface area (Å²) in [4.78, 5) is 11.0. The molecule has 0 radical (unpaired) electrons. The minimum Gasteiger partial charge on any atom is -0.292 e. The Morgan fingerprint density at radius 1 is 1.55 bits per heavy atom. The van der Waals surface area contributed by atoms with Crippen LogP contribution in [0.2, 0.25) is 5.15 Å². The quantitative estimate of drug-likeness (QED) is 0.635. The number of Topliss-reactive ketones (excluding diaryl/α,β-unsaturated/α-hetero) is 1. The molecular formula is C7H7ClN2O. The SMILES string of the molecule is CCC(=O)c1ccc(Cl)nn1. The molecule has 0 aliphatic carbocycles. The Balaban J connectivity index is 2.90. The summed E-state index contributed by atoms with van der Waals surface area (Å²) >= 11 is 5.47. The van der Waals surface area contributed by atoms with Crippen LogP contribution < -0.4 is 0 Å². The highest BCUT2D eigenvalue weighted by Crippen LogP contribution is 2.03. The highest BCUT2D eigenvalue weighted by atomic mass is 35.5. The van der Waals surface area contributed by atoms with Gasteiger partial charge >= 0.3 is 0 Å². The predicted octanol–water partition coefficient (Wildman–Crippen LogP) is 1.72. The molecule has 0 amide bonds. The van der Waals surface area contributed by atoms with E-state index in [1.807, 2.05) is 0 Å². The lowest BCUT2D eigenvalue weighted by atomic mass is 10.2. The molecule has 0 aromatic carbocycles. The zero-order valence-electron chi connectivity index (χ0n) is 6.04. The van der Waals surface area contributed by atoms with E-state index in [2.05, 4.69) is 10.2 Å². The van der Waals surface area contributed by atoms with Crippen LogP contribution in [0.15, 0.2) is 12.1 Å². The van der Waals surface area contributed by atoms with Crippen LogP contribution >= 0.6 is 11.6 Å². The largest absolute Gasteiger partial charge is 0.292 e. The van der Waals surface area contributed by atoms with Gasteiger partial charge in [-0.15, -0.1) is 10.2 Å². The van der Waals surface area contributed by atoms with E-state index in [4.69, 9.17) is 11.6 Å². The molecule has 58 valence electrons. The van der Waals surface area contributed by atoms with Crippen molar-refractivity contribution in [1.29, 1.82) is 0 Å². The van der Waals surface area contributed by atoms with Crippen molar-refractivity contribution in [3.05, 3.63) is 23.0 Å². The Hall–Kier alpha value is -0.960. The van der Waals surface area contributed by atoms with Crippen LogP contribution in [0.5, 0.6) is 0 Å². The number of hydrogen-bond acceptors (Lipinski definition) is 3. The van der Waals surface area contributed by atoms with E-state index in [9.17, 15) is 4.79 Å². The van der Waals surface area contributed by atoms with Gasteiger partial charge in [-0.2, -0.15) is 0 Å². The summed E-state index contributed by atoms with van der Waals surface area (Å²) in [5.74, 6) is -0.0193. The average Bonchev–Trinajstić information content (AvgIpc) is 2.05. The third-order valence-corrected chi connectivity index (χ3v) is 1.44. The first-order valence-corrected chi connectivity index (χ1v) is 3.64. The highest BCUT2D eigenvalue weighted by molar-refractivity contribution is 6.29. The Labute approximate surface area is 69.4 Å². The van der Waals surface area contributed by atoms with Crippen LogP contribution in [-0.4, -0.2) is 16.0 Å². The molecule has 0 spiro atoms. The fraction of sp³-hybridized carbons (Fsp3) is 0.286. The first kappa shape index (κ1) is 8.14. The molecule has 1 aromatic rings. The molecule has 11 heavy (non-hydrogen) atoms. The molecule has 0 aliphatic rings. The lowest BCUT2D eigenvalue weighted by Crippen LogP contribution is -2.00. The molecule has 0 saturated heterocycles. The van der Waals surface area contributed by atoms with Gasteiger partial charge in [0.25, 0.3) is 0 Å². The predicted molar refractivity (Wildman–Crippen MR) is 41.7 cm³/mol. The molecule has 0 fully saturated rings. The normalized spacial score (nSPS) is 9.64. The molecule has 0 bridgehead atoms. The topological polar surface area (TPSA) is 42.9 Å². The number of aromatic nitrogens is 2. The second-order valence-electron chi connectivity index (χ2n) is 2.02. The zero-order valence-corrected chi connectivity index (χ0v) is 6.80. The first-order valence-electron chi connectivity index (χ1n) is 3.26. The molecular weight excluding hydrogens is 164 g/mol. The molecule has 0 aliphatic heterocycles. The van der Waals surface area contributed by atoms with Gasteiger partial charge in [0.2, 0.25) is 0 Å². The summed E-state index contributed by atoms with van der Waals surface area (Å²) in [5, 5.41) is 7.46. The van der Waals surface area contributed by atoms with Gasteiger partial charge < -0.3 is 0 Å². The number of hydrogen-bond donors (Lipinski definition) is 0. The standard InChI is InChI=1S/C7H7ClN2O/c1-2-6(11)5-3-4-7(8)10-9-5/h3-4H,2H2,1H3. The van der Waals surface area contributed by atoms with E-state index in [-0.39, 0.29) is 5.78 Å². The van der Waals surface area contributed by atoms with Crippen molar-refractivity contribution in [2.45, 2.75) is 13.3 Å². The maximum Gasteiger partial charge on any atom is 0.182 e. The Kier molecular flexibility index (Phi) is 2.54. The summed E-state index contributed by atoms with van der Waals surface area (Å²) < 4.78 is 0. The fourth-order valence-corrected chi connectivity index (χ4v) is 0.747. The van der Waals surface area contributed by atoms with Crippen molar-refractivity contribution >= 4 is 17.4 Å². The van der Waals surface area contributed by atoms with Crippen molar-refractivity contribution in [3.63, 3.8) is 0 Å². The lowest BCUT2D eigenvalue weighted by Gasteiger charge is -1.93. The lowest BCUT2D eigenvalue weighted by molar-refractivity contribution is 0.0982. The molecule has 1 heterocycles. The minimum atomic E-state index is -0.0193. The number of nitrogens with zero attached hydrogens (tertiary/aromatic N) is 2. The van der Waals surface area contributed by atoms with Crippen LogP contribution in [-0.2, 0) is 0 Å². The third-order valence-electron chi connectivity index (χ3n) is 1.24. The molecule has 0 N–H and O–H groups in total. The molecule has 3 nitrogen and oxygen atoms in total. The Morgan fingerprint density at radius 2 is 2.27 bits per heavy atom. The summed E-state index contributed by atoms with van der Waals surface area (Å²) in [7, 11) is 0. The summed E-state index contributed by atoms with van der Waals surface area (Å²) in [6.07, 6.45) is 0.441. The van der Waals surface area contributed by atoms with Gasteiger partial charge in [-0.1, -0.05) is 18.5 Å². The maximum atomic E-state index is 11.0. The van der Waals surface area contributed by atoms with Crippen LogP contribution in [0.4, 0.5) is 0 Å². The summed E-state index contributed by atoms with van der Waals surface area (Å²) in [6.45, 7) is 1.78. The van der Waals surface area contributed by atoms with E-state index in [1.54, 1.807) is 19.1 Å². The van der Waals surface area contributed by atoms with Gasteiger partial charge in [0.15, 0.2) is 10.9 Å². The zero-order chi connectivity index (χ0) is 8.27. The van der Waals surface area contributed by atoms with E-state index >= 15 is 0 Å². The molecule has 0 unspecified atom stereocenters. The van der Waals surface area contributed by atoms with Gasteiger partial charge in [-0.25, -0.2) is 0 Å². The smallest absolute Gasteiger partial charge is 0.182 e. The van der Waals surface area contributed by atoms with Gasteiger partial charge in [-0.05, 0) is 12.1 Å². The van der Waals surface area contributed by atoms with Crippen LogP contribution in [0, 0.1) is 0 Å². The number of halogens is 1. The van der Waals surface area contributed by atoms with Crippen LogP contribution in [0.1, 0.15) is 23.8 Å². The molecule has 1 aromatic heterocycles. The number of ketones is 1. The second kappa shape index (κ2) is 3.44. The number of carbonyl (C=O) groups is 1. The second-order valence-corrected chi connectivity index (χ2v) is 2.41. The van der Waals surface area contributed by atoms with Crippen molar-refractivity contribution in [2.24, 2.45) is 0 Å². The van der Waals surface area contributed by atoms with E-state index in [0.717, 1.165) is 0 Å². The average molecular weight is 171 g/mol. The molecule has 0 atom stereocenters. The highest BCUT2D eigenvalue weighted by Gasteiger charge is 2.03. The van der Waals surface area contributed by atoms with Gasteiger partial charge in [0.05, 0.1) is 0 Å². The molecule has 1 rings (SSSR count). The Bertz CT molecular complexity index is 258. The van der Waals surface area contributed by atoms with Crippen molar-refractivity contribution in [3.8, 4) is 0 Å². The van der Waals surface area contributed by atoms with E-state index in [0.29, 0.717) is 17.3 Å². The van der Waals surface area contributed by atoms with E-state index < -0.39 is 0 Å². The van der Waals surface area contributed by atoms with Gasteiger partial charge in [-0.3, -0.25) is 4.79 Å². The monoisotopic (exact) mass is 170 g/mol. The van der Waals surface area contributed by atoms with Crippen molar-refractivity contribution < 1.29 is 4.79 Å². The van der Waals surface area contributed by atoms with Gasteiger partial charge in [0.1, 0.15) is 5.69 Å². The number of carbonyl (C=O) groups excluding carboxylic acids is 1. The molecule has 4 heteroatoms. The molecule has 0 saturated carbocycles.